The highest BCUT2D eigenvalue weighted by atomic mass is 32.1. The van der Waals surface area contributed by atoms with Gasteiger partial charge in [0.15, 0.2) is 10.9 Å². The number of thiazole rings is 1. The summed E-state index contributed by atoms with van der Waals surface area (Å²) < 4.78 is 2.07. The average Bonchev–Trinajstić information content (AvgIpc) is 3.33. The maximum atomic E-state index is 12.9. The molecule has 0 saturated carbocycles. The number of hydrogen-bond acceptors (Lipinski definition) is 6. The molecule has 0 bridgehead atoms. The summed E-state index contributed by atoms with van der Waals surface area (Å²) in [6.45, 7) is 6.00. The number of nitrogens with zero attached hydrogens (tertiary/aromatic N) is 4. The second-order valence-electron chi connectivity index (χ2n) is 7.95. The molecule has 4 aromatic heterocycles. The molecule has 1 aromatic carbocycles. The Morgan fingerprint density at radius 1 is 1.00 bits per heavy atom. The highest BCUT2D eigenvalue weighted by Crippen LogP contribution is 2.34. The van der Waals surface area contributed by atoms with E-state index in [1.807, 2.05) is 74.6 Å². The first-order valence-corrected chi connectivity index (χ1v) is 11.5. The van der Waals surface area contributed by atoms with E-state index in [4.69, 9.17) is 4.98 Å². The van der Waals surface area contributed by atoms with Crippen molar-refractivity contribution in [2.75, 3.05) is 5.32 Å². The quantitative estimate of drug-likeness (QED) is 0.322. The van der Waals surface area contributed by atoms with Gasteiger partial charge in [-0.2, -0.15) is 0 Å². The van der Waals surface area contributed by atoms with Gasteiger partial charge < -0.3 is 5.32 Å². The van der Waals surface area contributed by atoms with Crippen molar-refractivity contribution in [1.82, 2.24) is 19.4 Å². The molecular weight excluding hydrogens is 430 g/mol. The number of carbonyl (C=O) groups excluding carboxylic acids is 1. The summed E-state index contributed by atoms with van der Waals surface area (Å²) in [5, 5.41) is 4.16. The third kappa shape index (κ3) is 4.15. The second kappa shape index (κ2) is 8.60. The van der Waals surface area contributed by atoms with E-state index >= 15 is 0 Å². The van der Waals surface area contributed by atoms with Gasteiger partial charge in [-0.3, -0.25) is 14.2 Å². The van der Waals surface area contributed by atoms with Gasteiger partial charge in [-0.1, -0.05) is 24.3 Å². The Labute approximate surface area is 196 Å². The van der Waals surface area contributed by atoms with Crippen molar-refractivity contribution in [2.45, 2.75) is 27.2 Å². The topological polar surface area (TPSA) is 72.2 Å². The number of carbonyl (C=O) groups is 1. The number of aryl methyl sites for hydroxylation is 3. The molecule has 0 aliphatic rings. The zero-order valence-corrected chi connectivity index (χ0v) is 19.5. The molecule has 0 fully saturated rings. The molecule has 0 unspecified atom stereocenters. The number of anilines is 2. The average molecular weight is 454 g/mol. The summed E-state index contributed by atoms with van der Waals surface area (Å²) in [7, 11) is 0. The van der Waals surface area contributed by atoms with Gasteiger partial charge in [0, 0.05) is 40.6 Å². The number of hydrogen-bond donors (Lipinski definition) is 1. The summed E-state index contributed by atoms with van der Waals surface area (Å²) in [5.74, 6) is 0.0621. The molecule has 4 heterocycles. The van der Waals surface area contributed by atoms with Crippen molar-refractivity contribution in [1.29, 1.82) is 0 Å². The van der Waals surface area contributed by atoms with Gasteiger partial charge in [-0.05, 0) is 56.7 Å². The lowest BCUT2D eigenvalue weighted by molar-refractivity contribution is 0.0992. The van der Waals surface area contributed by atoms with Crippen molar-refractivity contribution in [3.8, 4) is 11.4 Å². The van der Waals surface area contributed by atoms with Gasteiger partial charge in [0.2, 0.25) is 0 Å². The van der Waals surface area contributed by atoms with Crippen LogP contribution in [0.5, 0.6) is 0 Å². The van der Waals surface area contributed by atoms with Crippen LogP contribution in [0, 0.1) is 20.8 Å². The van der Waals surface area contributed by atoms with Crippen molar-refractivity contribution < 1.29 is 4.79 Å². The molecule has 0 aliphatic heterocycles. The zero-order valence-electron chi connectivity index (χ0n) is 18.7. The number of fused-ring (bicyclic) bond motifs is 1. The Hall–Kier alpha value is -3.84. The molecule has 5 rings (SSSR count). The van der Waals surface area contributed by atoms with Gasteiger partial charge in [-0.15, -0.1) is 11.3 Å². The number of pyridine rings is 2. The lowest BCUT2D eigenvalue weighted by Crippen LogP contribution is -2.06. The van der Waals surface area contributed by atoms with E-state index in [2.05, 4.69) is 26.6 Å². The molecule has 164 valence electrons. The van der Waals surface area contributed by atoms with Crippen molar-refractivity contribution >= 4 is 33.6 Å². The number of rotatable bonds is 6. The molecule has 1 N–H and O–H groups in total. The van der Waals surface area contributed by atoms with Crippen LogP contribution < -0.4 is 5.32 Å². The Morgan fingerprint density at radius 3 is 2.73 bits per heavy atom. The second-order valence-corrected chi connectivity index (χ2v) is 9.16. The Balaban J connectivity index is 1.40. The maximum absolute atomic E-state index is 12.9. The van der Waals surface area contributed by atoms with Gasteiger partial charge in [0.05, 0.1) is 11.4 Å². The first-order chi connectivity index (χ1) is 16.0. The van der Waals surface area contributed by atoms with Crippen LogP contribution in [-0.4, -0.2) is 25.1 Å². The van der Waals surface area contributed by atoms with Crippen molar-refractivity contribution in [3.05, 3.63) is 94.4 Å². The highest BCUT2D eigenvalue weighted by molar-refractivity contribution is 7.16. The van der Waals surface area contributed by atoms with Crippen LogP contribution in [0.1, 0.15) is 32.2 Å². The van der Waals surface area contributed by atoms with Gasteiger partial charge in [0.25, 0.3) is 0 Å². The van der Waals surface area contributed by atoms with E-state index in [0.717, 1.165) is 49.7 Å². The molecule has 0 amide bonds. The third-order valence-corrected chi connectivity index (χ3v) is 6.51. The molecule has 0 radical (unpaired) electrons. The van der Waals surface area contributed by atoms with Crippen LogP contribution in [0.4, 0.5) is 10.8 Å². The van der Waals surface area contributed by atoms with Crippen LogP contribution in [0.25, 0.3) is 17.0 Å². The Morgan fingerprint density at radius 2 is 1.88 bits per heavy atom. The lowest BCUT2D eigenvalue weighted by atomic mass is 10.0. The SMILES string of the molecule is Cc1ncccc1CC(=O)c1cccc(Nc2nc(-c3c(C)nc4ccccn34)c(C)s2)c1. The fraction of sp³-hybridized carbons (Fsp3) is 0.154. The maximum Gasteiger partial charge on any atom is 0.188 e. The lowest BCUT2D eigenvalue weighted by Gasteiger charge is -2.07. The van der Waals surface area contributed by atoms with Crippen molar-refractivity contribution in [3.63, 3.8) is 0 Å². The van der Waals surface area contributed by atoms with Gasteiger partial charge in [-0.25, -0.2) is 9.97 Å². The number of ketones is 1. The molecule has 33 heavy (non-hydrogen) atoms. The van der Waals surface area contributed by atoms with E-state index in [9.17, 15) is 4.79 Å². The van der Waals surface area contributed by atoms with Crippen LogP contribution in [0.15, 0.2) is 67.0 Å². The van der Waals surface area contributed by atoms with E-state index in [1.165, 1.54) is 0 Å². The molecule has 5 aromatic rings. The minimum atomic E-state index is 0.0621. The molecule has 0 saturated heterocycles. The fourth-order valence-electron chi connectivity index (χ4n) is 3.94. The summed E-state index contributed by atoms with van der Waals surface area (Å²) in [4.78, 5) is 27.8. The van der Waals surface area contributed by atoms with E-state index in [1.54, 1.807) is 17.5 Å². The number of benzene rings is 1. The normalized spacial score (nSPS) is 11.1. The van der Waals surface area contributed by atoms with E-state index < -0.39 is 0 Å². The third-order valence-electron chi connectivity index (χ3n) is 5.63. The number of nitrogens with one attached hydrogen (secondary N) is 1. The number of imidazole rings is 1. The Kier molecular flexibility index (Phi) is 5.48. The standard InChI is InChI=1S/C26H23N5OS/c1-16-19(9-7-12-27-16)15-22(32)20-8-6-10-21(14-20)29-26-30-24(18(3)33-26)25-17(2)28-23-11-4-5-13-31(23)25/h4-14H,15H2,1-3H3,(H,29,30). The summed E-state index contributed by atoms with van der Waals surface area (Å²) in [6, 6.07) is 17.3. The van der Waals surface area contributed by atoms with Crippen LogP contribution >= 0.6 is 11.3 Å². The molecular formula is C26H23N5OS. The molecule has 0 aliphatic carbocycles. The van der Waals surface area contributed by atoms with E-state index in [0.29, 0.717) is 12.0 Å². The molecule has 0 spiro atoms. The summed E-state index contributed by atoms with van der Waals surface area (Å²) in [5.41, 5.74) is 7.09. The predicted molar refractivity (Wildman–Crippen MR) is 133 cm³/mol. The number of Topliss-reactive ketones (excluding diaryl/α,β-unsaturated/α-hetero) is 1. The fourth-order valence-corrected chi connectivity index (χ4v) is 4.78. The van der Waals surface area contributed by atoms with E-state index in [-0.39, 0.29) is 5.78 Å². The Bertz CT molecular complexity index is 1480. The largest absolute Gasteiger partial charge is 0.332 e. The predicted octanol–water partition coefficient (Wildman–Crippen LogP) is 5.95. The van der Waals surface area contributed by atoms with Crippen LogP contribution in [-0.2, 0) is 6.42 Å². The minimum Gasteiger partial charge on any atom is -0.332 e. The zero-order chi connectivity index (χ0) is 22.9. The van der Waals surface area contributed by atoms with Crippen molar-refractivity contribution in [2.24, 2.45) is 0 Å². The minimum absolute atomic E-state index is 0.0621. The summed E-state index contributed by atoms with van der Waals surface area (Å²) in [6.07, 6.45) is 4.08. The molecule has 6 nitrogen and oxygen atoms in total. The van der Waals surface area contributed by atoms with Crippen LogP contribution in [0.2, 0.25) is 0 Å². The smallest absolute Gasteiger partial charge is 0.188 e. The molecule has 0 atom stereocenters. The monoisotopic (exact) mass is 453 g/mol. The van der Waals surface area contributed by atoms with Gasteiger partial charge >= 0.3 is 0 Å². The first-order valence-electron chi connectivity index (χ1n) is 10.7. The van der Waals surface area contributed by atoms with Gasteiger partial charge in [0.1, 0.15) is 11.3 Å². The number of aromatic nitrogens is 4. The first kappa shape index (κ1) is 21.0. The highest BCUT2D eigenvalue weighted by Gasteiger charge is 2.18. The summed E-state index contributed by atoms with van der Waals surface area (Å²) >= 11 is 1.59. The van der Waals surface area contributed by atoms with Crippen LogP contribution in [0.3, 0.4) is 0 Å². The molecule has 7 heteroatoms.